The van der Waals surface area contributed by atoms with Crippen molar-refractivity contribution in [1.82, 2.24) is 14.5 Å². The molecule has 0 spiro atoms. The molecule has 2 aromatic rings. The van der Waals surface area contributed by atoms with Crippen LogP contribution in [-0.2, 0) is 14.8 Å². The number of nitrogens with zero attached hydrogens (tertiary/aromatic N) is 2. The second kappa shape index (κ2) is 10.6. The predicted molar refractivity (Wildman–Crippen MR) is 121 cm³/mol. The third-order valence-electron chi connectivity index (χ3n) is 5.27. The summed E-state index contributed by atoms with van der Waals surface area (Å²) in [6.07, 6.45) is 0.170. The van der Waals surface area contributed by atoms with Gasteiger partial charge in [-0.05, 0) is 50.2 Å². The van der Waals surface area contributed by atoms with E-state index in [2.05, 4.69) is 5.32 Å². The predicted octanol–water partition coefficient (Wildman–Crippen LogP) is 2.05. The van der Waals surface area contributed by atoms with Gasteiger partial charge in [0, 0.05) is 44.7 Å². The van der Waals surface area contributed by atoms with Gasteiger partial charge in [0.2, 0.25) is 15.9 Å². The number of rotatable bonds is 8. The molecule has 1 aliphatic rings. The van der Waals surface area contributed by atoms with E-state index in [1.165, 1.54) is 16.4 Å². The molecule has 8 nitrogen and oxygen atoms in total. The molecular weight excluding hydrogens is 430 g/mol. The number of amides is 2. The van der Waals surface area contributed by atoms with E-state index in [0.29, 0.717) is 31.0 Å². The van der Waals surface area contributed by atoms with Crippen molar-refractivity contribution >= 4 is 21.8 Å². The smallest absolute Gasteiger partial charge is 0.251 e. The Kier molecular flexibility index (Phi) is 7.87. The molecule has 2 aromatic carbocycles. The standard InChI is InChI=1S/C23H29N3O5S/c1-3-31-20-7-9-21(10-8-20)32(29,30)26-15-13-25(14-16-26)22(27)11-12-24-23(28)19-6-4-5-18(2)17-19/h4-10,17H,3,11-16H2,1-2H3,(H,24,28). The van der Waals surface area contributed by atoms with Gasteiger partial charge >= 0.3 is 0 Å². The van der Waals surface area contributed by atoms with Gasteiger partial charge in [0.05, 0.1) is 11.5 Å². The van der Waals surface area contributed by atoms with Gasteiger partial charge in [-0.1, -0.05) is 17.7 Å². The van der Waals surface area contributed by atoms with Crippen LogP contribution in [0.4, 0.5) is 0 Å². The molecule has 172 valence electrons. The SMILES string of the molecule is CCOc1ccc(S(=O)(=O)N2CCN(C(=O)CCNC(=O)c3cccc(C)c3)CC2)cc1. The van der Waals surface area contributed by atoms with Crippen LogP contribution in [0.1, 0.15) is 29.3 Å². The van der Waals surface area contributed by atoms with Gasteiger partial charge in [-0.3, -0.25) is 9.59 Å². The second-order valence-corrected chi connectivity index (χ2v) is 9.50. The Labute approximate surface area is 189 Å². The van der Waals surface area contributed by atoms with E-state index < -0.39 is 10.0 Å². The Balaban J connectivity index is 1.47. The van der Waals surface area contributed by atoms with Crippen LogP contribution >= 0.6 is 0 Å². The number of nitrogens with one attached hydrogen (secondary N) is 1. The molecule has 0 radical (unpaired) electrons. The van der Waals surface area contributed by atoms with Gasteiger partial charge in [-0.2, -0.15) is 4.31 Å². The zero-order valence-corrected chi connectivity index (χ0v) is 19.2. The van der Waals surface area contributed by atoms with Crippen LogP contribution < -0.4 is 10.1 Å². The maximum atomic E-state index is 12.9. The lowest BCUT2D eigenvalue weighted by molar-refractivity contribution is -0.132. The zero-order chi connectivity index (χ0) is 23.1. The molecule has 0 saturated carbocycles. The molecule has 9 heteroatoms. The van der Waals surface area contributed by atoms with Crippen LogP contribution in [0.2, 0.25) is 0 Å². The normalized spacial score (nSPS) is 14.8. The summed E-state index contributed by atoms with van der Waals surface area (Å²) in [5.41, 5.74) is 1.55. The Bertz CT molecular complexity index is 1050. The highest BCUT2D eigenvalue weighted by Gasteiger charge is 2.30. The highest BCUT2D eigenvalue weighted by atomic mass is 32.2. The Morgan fingerprint density at radius 1 is 1.03 bits per heavy atom. The largest absolute Gasteiger partial charge is 0.494 e. The van der Waals surface area contributed by atoms with Crippen LogP contribution in [0.3, 0.4) is 0 Å². The molecule has 0 aromatic heterocycles. The van der Waals surface area contributed by atoms with Crippen LogP contribution in [0.25, 0.3) is 0 Å². The maximum Gasteiger partial charge on any atom is 0.251 e. The summed E-state index contributed by atoms with van der Waals surface area (Å²) in [6, 6.07) is 13.6. The van der Waals surface area contributed by atoms with Crippen molar-refractivity contribution in [2.24, 2.45) is 0 Å². The molecule has 0 aliphatic carbocycles. The molecule has 1 N–H and O–H groups in total. The maximum absolute atomic E-state index is 12.9. The molecule has 3 rings (SSSR count). The number of benzene rings is 2. The van der Waals surface area contributed by atoms with Crippen molar-refractivity contribution in [2.45, 2.75) is 25.2 Å². The fraction of sp³-hybridized carbons (Fsp3) is 0.391. The summed E-state index contributed by atoms with van der Waals surface area (Å²) in [5.74, 6) is 0.303. The van der Waals surface area contributed by atoms with Gasteiger partial charge in [0.15, 0.2) is 0 Å². The van der Waals surface area contributed by atoms with Crippen molar-refractivity contribution < 1.29 is 22.7 Å². The highest BCUT2D eigenvalue weighted by Crippen LogP contribution is 2.21. The van der Waals surface area contributed by atoms with Gasteiger partial charge in [-0.25, -0.2) is 8.42 Å². The third-order valence-corrected chi connectivity index (χ3v) is 7.18. The molecule has 0 unspecified atom stereocenters. The minimum Gasteiger partial charge on any atom is -0.494 e. The topological polar surface area (TPSA) is 96.0 Å². The quantitative estimate of drug-likeness (QED) is 0.652. The third kappa shape index (κ3) is 5.86. The fourth-order valence-electron chi connectivity index (χ4n) is 3.53. The summed E-state index contributed by atoms with van der Waals surface area (Å²) < 4.78 is 32.5. The summed E-state index contributed by atoms with van der Waals surface area (Å²) in [6.45, 7) is 5.63. The number of carbonyl (C=O) groups is 2. The molecule has 2 amide bonds. The van der Waals surface area contributed by atoms with Crippen LogP contribution in [-0.4, -0.2) is 68.8 Å². The number of hydrogen-bond acceptors (Lipinski definition) is 5. The van der Waals surface area contributed by atoms with E-state index in [-0.39, 0.29) is 42.8 Å². The number of aryl methyl sites for hydroxylation is 1. The number of sulfonamides is 1. The van der Waals surface area contributed by atoms with Crippen molar-refractivity contribution in [1.29, 1.82) is 0 Å². The molecule has 32 heavy (non-hydrogen) atoms. The minimum atomic E-state index is -3.62. The average Bonchev–Trinajstić information content (AvgIpc) is 2.79. The van der Waals surface area contributed by atoms with Crippen LogP contribution in [0.5, 0.6) is 5.75 Å². The van der Waals surface area contributed by atoms with E-state index >= 15 is 0 Å². The van der Waals surface area contributed by atoms with Crippen LogP contribution in [0, 0.1) is 6.92 Å². The molecule has 1 saturated heterocycles. The highest BCUT2D eigenvalue weighted by molar-refractivity contribution is 7.89. The summed E-state index contributed by atoms with van der Waals surface area (Å²) in [7, 11) is -3.62. The first kappa shape index (κ1) is 23.7. The molecule has 1 heterocycles. The van der Waals surface area contributed by atoms with Crippen LogP contribution in [0.15, 0.2) is 53.4 Å². The van der Waals surface area contributed by atoms with Crippen molar-refractivity contribution in [3.8, 4) is 5.75 Å². The van der Waals surface area contributed by atoms with E-state index in [1.54, 1.807) is 29.2 Å². The van der Waals surface area contributed by atoms with Crippen molar-refractivity contribution in [3.63, 3.8) is 0 Å². The van der Waals surface area contributed by atoms with Gasteiger partial charge < -0.3 is 15.0 Å². The van der Waals surface area contributed by atoms with E-state index in [9.17, 15) is 18.0 Å². The lowest BCUT2D eigenvalue weighted by atomic mass is 10.1. The van der Waals surface area contributed by atoms with E-state index in [1.807, 2.05) is 26.0 Å². The van der Waals surface area contributed by atoms with Gasteiger partial charge in [-0.15, -0.1) is 0 Å². The fourth-order valence-corrected chi connectivity index (χ4v) is 4.95. The number of piperazine rings is 1. The Hall–Kier alpha value is -2.91. The van der Waals surface area contributed by atoms with E-state index in [0.717, 1.165) is 5.56 Å². The minimum absolute atomic E-state index is 0.104. The number of hydrogen-bond donors (Lipinski definition) is 1. The Morgan fingerprint density at radius 3 is 2.34 bits per heavy atom. The summed E-state index contributed by atoms with van der Waals surface area (Å²) in [4.78, 5) is 26.5. The van der Waals surface area contributed by atoms with Crippen molar-refractivity contribution in [3.05, 3.63) is 59.7 Å². The number of carbonyl (C=O) groups excluding carboxylic acids is 2. The van der Waals surface area contributed by atoms with Gasteiger partial charge in [0.25, 0.3) is 5.91 Å². The second-order valence-electron chi connectivity index (χ2n) is 7.56. The summed E-state index contributed by atoms with van der Waals surface area (Å²) in [5, 5.41) is 2.76. The number of ether oxygens (including phenoxy) is 1. The molecule has 0 atom stereocenters. The molecule has 1 aliphatic heterocycles. The van der Waals surface area contributed by atoms with Gasteiger partial charge in [0.1, 0.15) is 5.75 Å². The first-order valence-electron chi connectivity index (χ1n) is 10.7. The Morgan fingerprint density at radius 2 is 1.72 bits per heavy atom. The first-order chi connectivity index (χ1) is 15.3. The lowest BCUT2D eigenvalue weighted by Crippen LogP contribution is -2.50. The lowest BCUT2D eigenvalue weighted by Gasteiger charge is -2.34. The van der Waals surface area contributed by atoms with Crippen molar-refractivity contribution in [2.75, 3.05) is 39.3 Å². The molecule has 1 fully saturated rings. The zero-order valence-electron chi connectivity index (χ0n) is 18.4. The monoisotopic (exact) mass is 459 g/mol. The summed E-state index contributed by atoms with van der Waals surface area (Å²) >= 11 is 0. The molecular formula is C23H29N3O5S. The first-order valence-corrected chi connectivity index (χ1v) is 12.1. The molecule has 0 bridgehead atoms. The average molecular weight is 460 g/mol. The van der Waals surface area contributed by atoms with E-state index in [4.69, 9.17) is 4.74 Å².